The van der Waals surface area contributed by atoms with Crippen molar-refractivity contribution in [2.24, 2.45) is 16.5 Å². The zero-order valence-electron chi connectivity index (χ0n) is 16.6. The van der Waals surface area contributed by atoms with Gasteiger partial charge in [-0.1, -0.05) is 58.3 Å². The molecular formula is C18H36N4NaO3+. The number of carboxylic acid groups (broad SMARTS) is 1. The molecule has 0 saturated heterocycles. The topological polar surface area (TPSA) is 131 Å². The SMILES string of the molecule is CCCCCCCCCCCC(=O)NC(CCCN=C(N)N)C(=O)O.[Na+]. The first kappa shape index (κ1) is 27.4. The molecule has 1 amide bonds. The maximum Gasteiger partial charge on any atom is 1.00 e. The van der Waals surface area contributed by atoms with Crippen LogP contribution in [0.2, 0.25) is 0 Å². The number of guanidine groups is 1. The van der Waals surface area contributed by atoms with Crippen molar-refractivity contribution in [3.8, 4) is 0 Å². The summed E-state index contributed by atoms with van der Waals surface area (Å²) < 4.78 is 0. The van der Waals surface area contributed by atoms with E-state index in [0.717, 1.165) is 19.3 Å². The van der Waals surface area contributed by atoms with E-state index in [1.165, 1.54) is 38.5 Å². The van der Waals surface area contributed by atoms with Gasteiger partial charge in [-0.05, 0) is 19.3 Å². The molecule has 146 valence electrons. The van der Waals surface area contributed by atoms with E-state index in [1.54, 1.807) is 0 Å². The van der Waals surface area contributed by atoms with Crippen LogP contribution in [0.5, 0.6) is 0 Å². The van der Waals surface area contributed by atoms with Crippen molar-refractivity contribution in [3.63, 3.8) is 0 Å². The third-order valence-electron chi connectivity index (χ3n) is 4.09. The summed E-state index contributed by atoms with van der Waals surface area (Å²) in [6.45, 7) is 2.57. The summed E-state index contributed by atoms with van der Waals surface area (Å²) in [6, 6.07) is -0.875. The van der Waals surface area contributed by atoms with Crippen LogP contribution in [-0.2, 0) is 9.59 Å². The Labute approximate surface area is 180 Å². The number of carboxylic acids is 1. The zero-order chi connectivity index (χ0) is 18.9. The second-order valence-electron chi connectivity index (χ2n) is 6.49. The Morgan fingerprint density at radius 2 is 1.50 bits per heavy atom. The van der Waals surface area contributed by atoms with Gasteiger partial charge in [0.2, 0.25) is 5.91 Å². The smallest absolute Gasteiger partial charge is 0.480 e. The molecule has 0 radical (unpaired) electrons. The Kier molecular flexibility index (Phi) is 20.0. The molecule has 0 aromatic rings. The molecule has 0 spiro atoms. The van der Waals surface area contributed by atoms with Crippen molar-refractivity contribution in [2.45, 2.75) is 90.0 Å². The van der Waals surface area contributed by atoms with Crippen molar-refractivity contribution < 1.29 is 44.3 Å². The van der Waals surface area contributed by atoms with E-state index in [9.17, 15) is 9.59 Å². The van der Waals surface area contributed by atoms with Gasteiger partial charge >= 0.3 is 35.5 Å². The third-order valence-corrected chi connectivity index (χ3v) is 4.09. The van der Waals surface area contributed by atoms with Crippen LogP contribution in [0, 0.1) is 0 Å². The number of aliphatic imine (C=N–C) groups is 1. The average molecular weight is 380 g/mol. The first-order valence-electron chi connectivity index (χ1n) is 9.55. The van der Waals surface area contributed by atoms with Gasteiger partial charge in [-0.25, -0.2) is 4.79 Å². The van der Waals surface area contributed by atoms with Gasteiger partial charge in [0.05, 0.1) is 0 Å². The summed E-state index contributed by atoms with van der Waals surface area (Å²) in [4.78, 5) is 26.9. The number of hydrogen-bond acceptors (Lipinski definition) is 3. The Bertz CT molecular complexity index is 402. The molecule has 6 N–H and O–H groups in total. The van der Waals surface area contributed by atoms with Gasteiger partial charge in [-0.2, -0.15) is 0 Å². The fraction of sp³-hybridized carbons (Fsp3) is 0.833. The number of carbonyl (C=O) groups is 2. The van der Waals surface area contributed by atoms with E-state index in [2.05, 4.69) is 17.2 Å². The predicted octanol–water partition coefficient (Wildman–Crippen LogP) is -0.466. The fourth-order valence-electron chi connectivity index (χ4n) is 2.62. The fourth-order valence-corrected chi connectivity index (χ4v) is 2.62. The van der Waals surface area contributed by atoms with Gasteiger partial charge in [0, 0.05) is 13.0 Å². The molecule has 0 saturated carbocycles. The molecule has 0 aliphatic carbocycles. The average Bonchev–Trinajstić information content (AvgIpc) is 2.55. The first-order valence-corrected chi connectivity index (χ1v) is 9.55. The number of unbranched alkanes of at least 4 members (excludes halogenated alkanes) is 8. The molecule has 0 rings (SSSR count). The normalized spacial score (nSPS) is 11.3. The number of carbonyl (C=O) groups excluding carboxylic acids is 1. The van der Waals surface area contributed by atoms with Crippen molar-refractivity contribution in [3.05, 3.63) is 0 Å². The minimum Gasteiger partial charge on any atom is -0.480 e. The Balaban J connectivity index is 0. The summed E-state index contributed by atoms with van der Waals surface area (Å²) in [5, 5.41) is 11.7. The molecule has 0 bridgehead atoms. The number of aliphatic carboxylic acids is 1. The summed E-state index contributed by atoms with van der Waals surface area (Å²) in [5.41, 5.74) is 10.4. The van der Waals surface area contributed by atoms with Crippen LogP contribution in [-0.4, -0.2) is 35.5 Å². The van der Waals surface area contributed by atoms with Crippen LogP contribution in [0.3, 0.4) is 0 Å². The third kappa shape index (κ3) is 18.0. The summed E-state index contributed by atoms with van der Waals surface area (Å²) in [5.74, 6) is -1.23. The van der Waals surface area contributed by atoms with Gasteiger partial charge in [-0.3, -0.25) is 9.79 Å². The Morgan fingerprint density at radius 3 is 2.00 bits per heavy atom. The minimum atomic E-state index is -1.02. The van der Waals surface area contributed by atoms with Crippen molar-refractivity contribution in [1.82, 2.24) is 5.32 Å². The van der Waals surface area contributed by atoms with Gasteiger partial charge in [-0.15, -0.1) is 0 Å². The Hall–Kier alpha value is -0.790. The van der Waals surface area contributed by atoms with Crippen LogP contribution in [0.4, 0.5) is 0 Å². The number of rotatable bonds is 16. The van der Waals surface area contributed by atoms with Gasteiger partial charge in [0.1, 0.15) is 6.04 Å². The van der Waals surface area contributed by atoms with Gasteiger partial charge < -0.3 is 21.9 Å². The summed E-state index contributed by atoms with van der Waals surface area (Å²) in [6.07, 6.45) is 11.9. The number of nitrogens with zero attached hydrogens (tertiary/aromatic N) is 1. The molecule has 0 aromatic heterocycles. The van der Waals surface area contributed by atoms with Crippen molar-refractivity contribution >= 4 is 17.8 Å². The van der Waals surface area contributed by atoms with Crippen molar-refractivity contribution in [1.29, 1.82) is 0 Å². The molecule has 1 unspecified atom stereocenters. The molecule has 1 atom stereocenters. The maximum absolute atomic E-state index is 11.9. The van der Waals surface area contributed by atoms with E-state index in [4.69, 9.17) is 16.6 Å². The van der Waals surface area contributed by atoms with E-state index < -0.39 is 12.0 Å². The van der Waals surface area contributed by atoms with E-state index in [0.29, 0.717) is 25.8 Å². The van der Waals surface area contributed by atoms with Crippen molar-refractivity contribution in [2.75, 3.05) is 6.54 Å². The molecule has 0 aromatic carbocycles. The van der Waals surface area contributed by atoms with E-state index in [-0.39, 0.29) is 41.4 Å². The molecule has 0 heterocycles. The minimum absolute atomic E-state index is 0. The quantitative estimate of drug-likeness (QED) is 0.125. The van der Waals surface area contributed by atoms with Crippen LogP contribution < -0.4 is 46.3 Å². The molecular weight excluding hydrogens is 343 g/mol. The van der Waals surface area contributed by atoms with E-state index in [1.807, 2.05) is 0 Å². The van der Waals surface area contributed by atoms with E-state index >= 15 is 0 Å². The monoisotopic (exact) mass is 379 g/mol. The summed E-state index contributed by atoms with van der Waals surface area (Å²) in [7, 11) is 0. The number of nitrogens with one attached hydrogen (secondary N) is 1. The van der Waals surface area contributed by atoms with Crippen LogP contribution in [0.15, 0.2) is 4.99 Å². The second-order valence-corrected chi connectivity index (χ2v) is 6.49. The van der Waals surface area contributed by atoms with Crippen LogP contribution >= 0.6 is 0 Å². The molecule has 0 aliphatic rings. The largest absolute Gasteiger partial charge is 1.00 e. The van der Waals surface area contributed by atoms with Gasteiger partial charge in [0.15, 0.2) is 5.96 Å². The number of nitrogens with two attached hydrogens (primary N) is 2. The summed E-state index contributed by atoms with van der Waals surface area (Å²) >= 11 is 0. The number of hydrogen-bond donors (Lipinski definition) is 4. The maximum atomic E-state index is 11.9. The predicted molar refractivity (Wildman–Crippen MR) is 101 cm³/mol. The van der Waals surface area contributed by atoms with Gasteiger partial charge in [0.25, 0.3) is 0 Å². The molecule has 8 heteroatoms. The molecule has 0 aliphatic heterocycles. The van der Waals surface area contributed by atoms with Crippen LogP contribution in [0.1, 0.15) is 84.0 Å². The number of amides is 1. The standard InChI is InChI=1S/C18H36N4O3.Na/c1-2-3-4-5-6-7-8-9-10-13-16(23)22-15(17(24)25)12-11-14-21-18(19)20;/h15H,2-14H2,1H3,(H,22,23)(H,24,25)(H4,19,20,21);/q;+1. The Morgan fingerprint density at radius 1 is 0.962 bits per heavy atom. The second kappa shape index (κ2) is 19.0. The zero-order valence-corrected chi connectivity index (χ0v) is 18.6. The molecule has 0 fully saturated rings. The molecule has 7 nitrogen and oxygen atoms in total. The van der Waals surface area contributed by atoms with Crippen LogP contribution in [0.25, 0.3) is 0 Å². The first-order chi connectivity index (χ1) is 12.0. The molecule has 26 heavy (non-hydrogen) atoms.